The van der Waals surface area contributed by atoms with Crippen molar-refractivity contribution in [3.63, 3.8) is 0 Å². The van der Waals surface area contributed by atoms with Gasteiger partial charge in [-0.15, -0.1) is 0 Å². The molecule has 0 atom stereocenters. The van der Waals surface area contributed by atoms with Crippen LogP contribution in [0, 0.1) is 0 Å². The third kappa shape index (κ3) is 2.82. The molecule has 1 aliphatic rings. The van der Waals surface area contributed by atoms with Crippen LogP contribution in [0.25, 0.3) is 11.2 Å². The van der Waals surface area contributed by atoms with Crippen LogP contribution in [0.15, 0.2) is 30.4 Å². The minimum atomic E-state index is -0.199. The van der Waals surface area contributed by atoms with Gasteiger partial charge in [-0.1, -0.05) is 24.3 Å². The molecule has 8 heteroatoms. The molecule has 0 fully saturated rings. The van der Waals surface area contributed by atoms with E-state index in [0.717, 1.165) is 11.1 Å². The van der Waals surface area contributed by atoms with E-state index in [1.807, 2.05) is 18.2 Å². The Labute approximate surface area is 143 Å². The van der Waals surface area contributed by atoms with Crippen LogP contribution in [0.4, 0.5) is 5.82 Å². The highest BCUT2D eigenvalue weighted by molar-refractivity contribution is 5.83. The number of aromatic hydroxyl groups is 2. The molecule has 0 unspecified atom stereocenters. The number of aromatic nitrogens is 4. The Morgan fingerprint density at radius 2 is 2.00 bits per heavy atom. The molecular weight excluding hydrogens is 322 g/mol. The van der Waals surface area contributed by atoms with Crippen molar-refractivity contribution in [3.05, 3.63) is 41.5 Å². The summed E-state index contributed by atoms with van der Waals surface area (Å²) < 4.78 is 7.09. The molecule has 4 rings (SSSR count). The number of imidazole rings is 1. The molecule has 0 aliphatic carbocycles. The molecule has 4 bridgehead atoms. The Morgan fingerprint density at radius 1 is 1.12 bits per heavy atom. The van der Waals surface area contributed by atoms with Gasteiger partial charge < -0.3 is 20.7 Å². The van der Waals surface area contributed by atoms with Gasteiger partial charge in [-0.25, -0.2) is 0 Å². The van der Waals surface area contributed by atoms with Gasteiger partial charge in [0.1, 0.15) is 5.75 Å². The maximum atomic E-state index is 10.2. The van der Waals surface area contributed by atoms with Crippen molar-refractivity contribution in [1.29, 1.82) is 0 Å². The molecular formula is C17H17N5O3. The van der Waals surface area contributed by atoms with Crippen LogP contribution in [0.3, 0.4) is 0 Å². The van der Waals surface area contributed by atoms with E-state index in [9.17, 15) is 10.2 Å². The molecule has 3 aromatic rings. The lowest BCUT2D eigenvalue weighted by molar-refractivity contribution is 0.300. The van der Waals surface area contributed by atoms with Crippen molar-refractivity contribution in [1.82, 2.24) is 19.5 Å². The summed E-state index contributed by atoms with van der Waals surface area (Å²) in [4.78, 5) is 12.5. The third-order valence-electron chi connectivity index (χ3n) is 4.09. The summed E-state index contributed by atoms with van der Waals surface area (Å²) in [5.74, 6) is 0.397. The quantitative estimate of drug-likeness (QED) is 0.534. The Balaban J connectivity index is 1.88. The van der Waals surface area contributed by atoms with Crippen LogP contribution in [0.5, 0.6) is 17.8 Å². The number of fused-ring (bicyclic) bond motifs is 3. The average Bonchev–Trinajstić information content (AvgIpc) is 2.90. The van der Waals surface area contributed by atoms with Gasteiger partial charge in [0.05, 0.1) is 13.2 Å². The van der Waals surface area contributed by atoms with Gasteiger partial charge in [0.15, 0.2) is 17.0 Å². The normalized spacial score (nSPS) is 15.7. The topological polar surface area (TPSA) is 119 Å². The summed E-state index contributed by atoms with van der Waals surface area (Å²) in [5, 5.41) is 20.2. The lowest BCUT2D eigenvalue weighted by Gasteiger charge is -2.10. The van der Waals surface area contributed by atoms with E-state index in [1.54, 1.807) is 12.1 Å². The highest BCUT2D eigenvalue weighted by Gasteiger charge is 2.17. The molecule has 25 heavy (non-hydrogen) atoms. The van der Waals surface area contributed by atoms with Crippen LogP contribution >= 0.6 is 0 Å². The van der Waals surface area contributed by atoms with Crippen molar-refractivity contribution in [2.24, 2.45) is 0 Å². The van der Waals surface area contributed by atoms with Crippen molar-refractivity contribution in [2.75, 3.05) is 12.3 Å². The summed E-state index contributed by atoms with van der Waals surface area (Å²) in [6.45, 7) is 0.725. The number of phenolic OH excluding ortho intramolecular Hbond substituents is 1. The Hall–Kier alpha value is -3.29. The second-order valence-electron chi connectivity index (χ2n) is 5.84. The van der Waals surface area contributed by atoms with Gasteiger partial charge in [-0.2, -0.15) is 15.0 Å². The van der Waals surface area contributed by atoms with Gasteiger partial charge in [0.2, 0.25) is 0 Å². The predicted octanol–water partition coefficient (Wildman–Crippen LogP) is 1.75. The van der Waals surface area contributed by atoms with Crippen LogP contribution in [0.1, 0.15) is 17.5 Å². The molecule has 0 radical (unpaired) electrons. The largest absolute Gasteiger partial charge is 0.508 e. The number of phenols is 1. The first-order chi connectivity index (χ1) is 12.1. The maximum Gasteiger partial charge on any atom is 0.320 e. The fraction of sp³-hybridized carbons (Fsp3) is 0.235. The van der Waals surface area contributed by atoms with Crippen LogP contribution < -0.4 is 10.5 Å². The predicted molar refractivity (Wildman–Crippen MR) is 91.6 cm³/mol. The zero-order valence-electron chi connectivity index (χ0n) is 13.4. The first-order valence-corrected chi connectivity index (χ1v) is 7.93. The van der Waals surface area contributed by atoms with Gasteiger partial charge in [0.25, 0.3) is 6.01 Å². The molecule has 0 saturated carbocycles. The lowest BCUT2D eigenvalue weighted by atomic mass is 10.1. The van der Waals surface area contributed by atoms with Gasteiger partial charge in [-0.3, -0.25) is 4.57 Å². The molecule has 2 aromatic heterocycles. The van der Waals surface area contributed by atoms with E-state index in [1.165, 1.54) is 4.57 Å². The van der Waals surface area contributed by atoms with E-state index in [0.29, 0.717) is 37.2 Å². The fourth-order valence-electron chi connectivity index (χ4n) is 2.83. The molecule has 1 aromatic carbocycles. The van der Waals surface area contributed by atoms with Crippen molar-refractivity contribution in [2.45, 2.75) is 19.4 Å². The van der Waals surface area contributed by atoms with E-state index >= 15 is 0 Å². The molecule has 8 nitrogen and oxygen atoms in total. The second kappa shape index (κ2) is 5.97. The highest BCUT2D eigenvalue weighted by atomic mass is 16.5. The number of nitrogen functional groups attached to an aromatic ring is 1. The summed E-state index contributed by atoms with van der Waals surface area (Å²) in [6.07, 6.45) is 5.24. The van der Waals surface area contributed by atoms with E-state index in [2.05, 4.69) is 15.0 Å². The molecule has 1 aliphatic heterocycles. The van der Waals surface area contributed by atoms with Crippen LogP contribution in [-0.4, -0.2) is 36.3 Å². The minimum Gasteiger partial charge on any atom is -0.508 e. The first kappa shape index (κ1) is 15.3. The Bertz CT molecular complexity index is 980. The lowest BCUT2D eigenvalue weighted by Crippen LogP contribution is -2.06. The second-order valence-corrected chi connectivity index (χ2v) is 5.84. The maximum absolute atomic E-state index is 10.2. The number of hydrogen-bond donors (Lipinski definition) is 3. The third-order valence-corrected chi connectivity index (χ3v) is 4.09. The van der Waals surface area contributed by atoms with Gasteiger partial charge in [0, 0.05) is 0 Å². The summed E-state index contributed by atoms with van der Waals surface area (Å²) in [5.41, 5.74) is 8.37. The average molecular weight is 339 g/mol. The fourth-order valence-corrected chi connectivity index (χ4v) is 2.83. The SMILES string of the molecule is Nc1nc2nc3c1nc(O)n3Cc1ccc(O)c(c1)C/C=C\CCO2. The Morgan fingerprint density at radius 3 is 2.88 bits per heavy atom. The number of allylic oxidation sites excluding steroid dienone is 1. The number of rotatable bonds is 0. The van der Waals surface area contributed by atoms with E-state index in [4.69, 9.17) is 10.5 Å². The molecule has 0 spiro atoms. The number of nitrogens with two attached hydrogens (primary N) is 1. The van der Waals surface area contributed by atoms with E-state index < -0.39 is 0 Å². The molecule has 4 N–H and O–H groups in total. The van der Waals surface area contributed by atoms with Crippen molar-refractivity contribution in [3.8, 4) is 17.8 Å². The number of anilines is 1. The molecule has 0 amide bonds. The molecule has 3 heterocycles. The Kier molecular flexibility index (Phi) is 3.64. The zero-order valence-corrected chi connectivity index (χ0v) is 13.4. The zero-order chi connectivity index (χ0) is 17.4. The van der Waals surface area contributed by atoms with Gasteiger partial charge >= 0.3 is 6.01 Å². The standard InChI is InChI=1S/C17H17N5O3/c18-14-13-15-21-16(20-14)25-7-3-1-2-4-11-8-10(5-6-12(11)23)9-22(15)17(24)19-13/h1-2,5-6,8,23H,3-4,7,9H2,(H,19,24)(H2,18,20,21)/b2-1-. The van der Waals surface area contributed by atoms with Crippen LogP contribution in [0.2, 0.25) is 0 Å². The van der Waals surface area contributed by atoms with Crippen LogP contribution in [-0.2, 0) is 13.0 Å². The number of nitrogens with zero attached hydrogens (tertiary/aromatic N) is 4. The molecule has 128 valence electrons. The highest BCUT2D eigenvalue weighted by Crippen LogP contribution is 2.27. The van der Waals surface area contributed by atoms with Crippen molar-refractivity contribution < 1.29 is 14.9 Å². The number of benzene rings is 1. The molecule has 0 saturated heterocycles. The number of ether oxygens (including phenoxy) is 1. The number of hydrogen-bond acceptors (Lipinski definition) is 7. The first-order valence-electron chi connectivity index (χ1n) is 7.93. The summed E-state index contributed by atoms with van der Waals surface area (Å²) in [6, 6.07) is 5.30. The smallest absolute Gasteiger partial charge is 0.320 e. The minimum absolute atomic E-state index is 0.156. The summed E-state index contributed by atoms with van der Waals surface area (Å²) >= 11 is 0. The van der Waals surface area contributed by atoms with Crippen molar-refractivity contribution >= 4 is 17.0 Å². The van der Waals surface area contributed by atoms with Gasteiger partial charge in [-0.05, 0) is 30.0 Å². The van der Waals surface area contributed by atoms with E-state index in [-0.39, 0.29) is 23.6 Å². The summed E-state index contributed by atoms with van der Waals surface area (Å²) in [7, 11) is 0. The monoisotopic (exact) mass is 339 g/mol.